The zero-order chi connectivity index (χ0) is 28.8. The van der Waals surface area contributed by atoms with E-state index in [1.165, 1.54) is 28.8 Å². The van der Waals surface area contributed by atoms with Crippen LogP contribution in [0, 0.1) is 12.7 Å². The molecule has 2 aliphatic heterocycles. The number of alkyl halides is 6. The number of carbonyl (C=O) groups excluding carboxylic acids is 1. The number of nitrogens with zero attached hydrogens (tertiary/aromatic N) is 4. The third-order valence-corrected chi connectivity index (χ3v) is 6.75. The zero-order valence-corrected chi connectivity index (χ0v) is 21.2. The summed E-state index contributed by atoms with van der Waals surface area (Å²) >= 11 is 0. The molecule has 0 atom stereocenters. The second kappa shape index (κ2) is 10.3. The van der Waals surface area contributed by atoms with Gasteiger partial charge in [-0.25, -0.2) is 14.2 Å². The Labute approximate surface area is 223 Å². The SMILES string of the molecule is Cc1cc(F)c(NC(=O)N2CC=C(CC(F)(F)F)C2)cc1-c1cc(N2CCOCC2)c2nc(C(F)(F)F)cn2c1. The highest BCUT2D eigenvalue weighted by Crippen LogP contribution is 2.36. The largest absolute Gasteiger partial charge is 0.434 e. The summed E-state index contributed by atoms with van der Waals surface area (Å²) in [6, 6.07) is 3.41. The number of imidazole rings is 1. The number of aryl methyl sites for hydroxylation is 1. The van der Waals surface area contributed by atoms with Gasteiger partial charge in [-0.05, 0) is 41.8 Å². The Hall–Kier alpha value is -3.81. The Morgan fingerprint density at radius 1 is 1.07 bits per heavy atom. The van der Waals surface area contributed by atoms with Crippen molar-refractivity contribution in [2.24, 2.45) is 0 Å². The van der Waals surface area contributed by atoms with Crippen LogP contribution in [0.25, 0.3) is 16.8 Å². The van der Waals surface area contributed by atoms with Gasteiger partial charge < -0.3 is 24.3 Å². The smallest absolute Gasteiger partial charge is 0.378 e. The number of halogens is 7. The minimum Gasteiger partial charge on any atom is -0.378 e. The average Bonchev–Trinajstić information content (AvgIpc) is 3.52. The van der Waals surface area contributed by atoms with Gasteiger partial charge in [-0.15, -0.1) is 0 Å². The summed E-state index contributed by atoms with van der Waals surface area (Å²) in [6.07, 6.45) is -6.58. The van der Waals surface area contributed by atoms with Crippen molar-refractivity contribution in [1.82, 2.24) is 14.3 Å². The van der Waals surface area contributed by atoms with Gasteiger partial charge in [0.05, 0.1) is 31.0 Å². The molecule has 2 aromatic heterocycles. The summed E-state index contributed by atoms with van der Waals surface area (Å²) in [6.45, 7) is 2.93. The number of carbonyl (C=O) groups is 1. The molecule has 40 heavy (non-hydrogen) atoms. The van der Waals surface area contributed by atoms with Crippen LogP contribution in [-0.2, 0) is 10.9 Å². The lowest BCUT2D eigenvalue weighted by Crippen LogP contribution is -2.36. The fourth-order valence-corrected chi connectivity index (χ4v) is 4.83. The van der Waals surface area contributed by atoms with E-state index in [1.807, 2.05) is 4.90 Å². The molecule has 5 rings (SSSR count). The van der Waals surface area contributed by atoms with E-state index in [0.29, 0.717) is 48.7 Å². The zero-order valence-electron chi connectivity index (χ0n) is 21.2. The van der Waals surface area contributed by atoms with Crippen molar-refractivity contribution in [3.05, 3.63) is 59.3 Å². The van der Waals surface area contributed by atoms with Crippen LogP contribution in [-0.4, -0.2) is 65.9 Å². The van der Waals surface area contributed by atoms with E-state index in [4.69, 9.17) is 4.74 Å². The lowest BCUT2D eigenvalue weighted by molar-refractivity contribution is -0.140. The number of fused-ring (bicyclic) bond motifs is 1. The van der Waals surface area contributed by atoms with E-state index in [9.17, 15) is 35.5 Å². The Kier molecular flexibility index (Phi) is 7.15. The third kappa shape index (κ3) is 5.86. The fourth-order valence-electron chi connectivity index (χ4n) is 4.83. The minimum atomic E-state index is -4.66. The quantitative estimate of drug-likeness (QED) is 0.307. The fraction of sp³-hybridized carbons (Fsp3) is 0.385. The van der Waals surface area contributed by atoms with Gasteiger partial charge in [0.25, 0.3) is 0 Å². The van der Waals surface area contributed by atoms with Gasteiger partial charge in [-0.1, -0.05) is 6.08 Å². The highest BCUT2D eigenvalue weighted by molar-refractivity contribution is 5.91. The number of benzene rings is 1. The molecule has 0 saturated carbocycles. The average molecular weight is 571 g/mol. The summed E-state index contributed by atoms with van der Waals surface area (Å²) in [7, 11) is 0. The number of nitrogens with one attached hydrogen (secondary N) is 1. The van der Waals surface area contributed by atoms with Crippen LogP contribution in [0.5, 0.6) is 0 Å². The molecule has 0 spiro atoms. The Morgan fingerprint density at radius 2 is 1.80 bits per heavy atom. The molecule has 1 fully saturated rings. The first kappa shape index (κ1) is 27.7. The number of urea groups is 1. The molecule has 1 aromatic carbocycles. The molecular weight excluding hydrogens is 547 g/mol. The Bertz CT molecular complexity index is 1470. The molecule has 1 N–H and O–H groups in total. The Balaban J connectivity index is 1.48. The molecule has 0 bridgehead atoms. The van der Waals surface area contributed by atoms with Crippen molar-refractivity contribution in [3.8, 4) is 11.1 Å². The lowest BCUT2D eigenvalue weighted by Gasteiger charge is -2.29. The monoisotopic (exact) mass is 571 g/mol. The molecule has 3 aromatic rings. The number of pyridine rings is 1. The van der Waals surface area contributed by atoms with Gasteiger partial charge in [0, 0.05) is 44.1 Å². The van der Waals surface area contributed by atoms with E-state index in [-0.39, 0.29) is 30.0 Å². The van der Waals surface area contributed by atoms with Crippen molar-refractivity contribution in [2.45, 2.75) is 25.7 Å². The van der Waals surface area contributed by atoms with Gasteiger partial charge in [0.1, 0.15) is 5.82 Å². The first-order valence-corrected chi connectivity index (χ1v) is 12.3. The van der Waals surface area contributed by atoms with Crippen molar-refractivity contribution < 1.29 is 40.3 Å². The van der Waals surface area contributed by atoms with Gasteiger partial charge in [0.2, 0.25) is 0 Å². The second-order valence-corrected chi connectivity index (χ2v) is 9.68. The van der Waals surface area contributed by atoms with Gasteiger partial charge in [-0.3, -0.25) is 0 Å². The highest BCUT2D eigenvalue weighted by atomic mass is 19.4. The van der Waals surface area contributed by atoms with Gasteiger partial charge in [0.15, 0.2) is 11.3 Å². The maximum atomic E-state index is 14.9. The normalized spacial score (nSPS) is 16.6. The molecule has 1 saturated heterocycles. The number of rotatable bonds is 4. The van der Waals surface area contributed by atoms with Crippen LogP contribution < -0.4 is 10.2 Å². The van der Waals surface area contributed by atoms with Crippen molar-refractivity contribution in [3.63, 3.8) is 0 Å². The van der Waals surface area contributed by atoms with Crippen LogP contribution in [0.3, 0.4) is 0 Å². The molecule has 7 nitrogen and oxygen atoms in total. The van der Waals surface area contributed by atoms with Gasteiger partial charge in [-0.2, -0.15) is 26.3 Å². The maximum Gasteiger partial charge on any atom is 0.434 e. The number of amides is 2. The summed E-state index contributed by atoms with van der Waals surface area (Å²) in [4.78, 5) is 19.5. The highest BCUT2D eigenvalue weighted by Gasteiger charge is 2.35. The van der Waals surface area contributed by atoms with E-state index in [2.05, 4.69) is 10.3 Å². The van der Waals surface area contributed by atoms with Gasteiger partial charge >= 0.3 is 18.4 Å². The predicted molar refractivity (Wildman–Crippen MR) is 133 cm³/mol. The Morgan fingerprint density at radius 3 is 2.48 bits per heavy atom. The second-order valence-electron chi connectivity index (χ2n) is 9.68. The summed E-state index contributed by atoms with van der Waals surface area (Å²) in [5.41, 5.74) is 0.630. The molecule has 0 radical (unpaired) electrons. The maximum absolute atomic E-state index is 14.9. The number of hydrogen-bond acceptors (Lipinski definition) is 4. The van der Waals surface area contributed by atoms with E-state index >= 15 is 0 Å². The van der Waals surface area contributed by atoms with Crippen molar-refractivity contribution in [1.29, 1.82) is 0 Å². The molecule has 2 amide bonds. The number of aromatic nitrogens is 2. The van der Waals surface area contributed by atoms with Crippen LogP contribution >= 0.6 is 0 Å². The molecule has 4 heterocycles. The molecule has 14 heteroatoms. The first-order chi connectivity index (χ1) is 18.8. The predicted octanol–water partition coefficient (Wildman–Crippen LogP) is 6.03. The molecule has 0 aliphatic carbocycles. The lowest BCUT2D eigenvalue weighted by atomic mass is 10.00. The van der Waals surface area contributed by atoms with E-state index in [0.717, 1.165) is 11.1 Å². The minimum absolute atomic E-state index is 0.0372. The topological polar surface area (TPSA) is 62.1 Å². The summed E-state index contributed by atoms with van der Waals surface area (Å²) in [5.74, 6) is -0.770. The first-order valence-electron chi connectivity index (χ1n) is 12.3. The van der Waals surface area contributed by atoms with Crippen LogP contribution in [0.15, 0.2) is 42.2 Å². The third-order valence-electron chi connectivity index (χ3n) is 6.75. The number of morpholine rings is 1. The van der Waals surface area contributed by atoms with Crippen LogP contribution in [0.1, 0.15) is 17.7 Å². The summed E-state index contributed by atoms with van der Waals surface area (Å²) < 4.78 is 100. The number of ether oxygens (including phenoxy) is 1. The number of hydrogen-bond donors (Lipinski definition) is 1. The van der Waals surface area contributed by atoms with E-state index in [1.54, 1.807) is 13.0 Å². The number of anilines is 2. The molecule has 2 aliphatic rings. The van der Waals surface area contributed by atoms with Crippen molar-refractivity contribution >= 4 is 23.1 Å². The van der Waals surface area contributed by atoms with E-state index < -0.39 is 36.3 Å². The standard InChI is InChI=1S/C26H24F7N5O2/c1-15-8-19(27)20(34-24(39)37-3-2-16(12-37)11-25(28,29)30)10-18(15)17-9-21(36-4-6-40-7-5-36)23-35-22(26(31,32)33)14-38(23)13-17/h2,8-10,13-14H,3-7,11-12H2,1H3,(H,34,39). The molecule has 214 valence electrons. The molecular formula is C26H24F7N5O2. The van der Waals surface area contributed by atoms with Crippen LogP contribution in [0.2, 0.25) is 0 Å². The summed E-state index contributed by atoms with van der Waals surface area (Å²) in [5, 5.41) is 2.41. The molecule has 0 unspecified atom stereocenters. The van der Waals surface area contributed by atoms with Crippen molar-refractivity contribution in [2.75, 3.05) is 49.6 Å². The van der Waals surface area contributed by atoms with Crippen LogP contribution in [0.4, 0.5) is 46.9 Å².